The third kappa shape index (κ3) is 1.86. The number of aromatic nitrogens is 2. The van der Waals surface area contributed by atoms with Crippen LogP contribution in [0.15, 0.2) is 51.9 Å². The van der Waals surface area contributed by atoms with Crippen molar-refractivity contribution in [3.05, 3.63) is 52.5 Å². The smallest absolute Gasteiger partial charge is 0.212 e. The molecule has 0 bridgehead atoms. The van der Waals surface area contributed by atoms with Crippen molar-refractivity contribution >= 4 is 38.9 Å². The molecule has 0 amide bonds. The number of hydrogen-bond donors (Lipinski definition) is 3. The van der Waals surface area contributed by atoms with E-state index in [0.717, 1.165) is 15.5 Å². The second-order valence-electron chi connectivity index (χ2n) is 4.98. The summed E-state index contributed by atoms with van der Waals surface area (Å²) in [6, 6.07) is 13.0. The molecule has 0 saturated carbocycles. The van der Waals surface area contributed by atoms with Crippen LogP contribution in [-0.2, 0) is 0 Å². The van der Waals surface area contributed by atoms with Gasteiger partial charge >= 0.3 is 0 Å². The molecule has 0 fully saturated rings. The molecule has 6 nitrogen and oxygen atoms in total. The van der Waals surface area contributed by atoms with Crippen molar-refractivity contribution in [1.82, 2.24) is 9.55 Å². The molecule has 0 spiro atoms. The standard InChI is InChI=1S/C15H12BrN5O/c16-8-4-3-7-11(22)12(8)13-19-14(17)20-15-18-9-5-1-2-6-10(9)21(13)15/h1-7,13,22H,(H3,17,18,19,20). The number of benzene rings is 2. The van der Waals surface area contributed by atoms with Crippen LogP contribution in [0, 0.1) is 0 Å². The van der Waals surface area contributed by atoms with Gasteiger partial charge in [0.15, 0.2) is 12.1 Å². The van der Waals surface area contributed by atoms with Gasteiger partial charge in [-0.25, -0.2) is 9.98 Å². The lowest BCUT2D eigenvalue weighted by molar-refractivity contribution is 0.455. The Kier molecular flexibility index (Phi) is 2.83. The van der Waals surface area contributed by atoms with E-state index >= 15 is 0 Å². The summed E-state index contributed by atoms with van der Waals surface area (Å²) in [6.45, 7) is 0. The van der Waals surface area contributed by atoms with Crippen LogP contribution in [0.1, 0.15) is 11.7 Å². The number of nitrogens with two attached hydrogens (primary N) is 1. The maximum absolute atomic E-state index is 10.3. The van der Waals surface area contributed by atoms with Crippen molar-refractivity contribution in [2.75, 3.05) is 5.32 Å². The maximum atomic E-state index is 10.3. The SMILES string of the molecule is NC1=NC(c2c(O)cccc2Br)n2c(nc3ccccc32)N1. The number of phenolic OH excluding ortho intramolecular Hbond substituents is 1. The number of imidazole rings is 1. The minimum atomic E-state index is -0.487. The molecule has 0 radical (unpaired) electrons. The molecule has 1 aliphatic rings. The van der Waals surface area contributed by atoms with Crippen LogP contribution in [0.25, 0.3) is 11.0 Å². The predicted molar refractivity (Wildman–Crippen MR) is 88.9 cm³/mol. The Morgan fingerprint density at radius 3 is 2.82 bits per heavy atom. The number of hydrogen-bond acceptors (Lipinski definition) is 5. The van der Waals surface area contributed by atoms with Crippen molar-refractivity contribution in [2.24, 2.45) is 10.7 Å². The van der Waals surface area contributed by atoms with Crippen LogP contribution in [-0.4, -0.2) is 20.6 Å². The summed E-state index contributed by atoms with van der Waals surface area (Å²) >= 11 is 3.48. The van der Waals surface area contributed by atoms with Crippen molar-refractivity contribution in [3.63, 3.8) is 0 Å². The Bertz CT molecular complexity index is 897. The van der Waals surface area contributed by atoms with Gasteiger partial charge in [-0.2, -0.15) is 0 Å². The molecule has 7 heteroatoms. The van der Waals surface area contributed by atoms with Gasteiger partial charge in [0.1, 0.15) is 5.75 Å². The lowest BCUT2D eigenvalue weighted by Gasteiger charge is -2.25. The normalized spacial score (nSPS) is 17.0. The zero-order chi connectivity index (χ0) is 15.3. The van der Waals surface area contributed by atoms with Gasteiger partial charge in [0.05, 0.1) is 16.6 Å². The summed E-state index contributed by atoms with van der Waals surface area (Å²) in [5.74, 6) is 1.03. The number of aromatic hydroxyl groups is 1. The lowest BCUT2D eigenvalue weighted by atomic mass is 10.1. The summed E-state index contributed by atoms with van der Waals surface area (Å²) in [5.41, 5.74) is 8.29. The van der Waals surface area contributed by atoms with Crippen molar-refractivity contribution in [1.29, 1.82) is 0 Å². The minimum Gasteiger partial charge on any atom is -0.507 e. The second-order valence-corrected chi connectivity index (χ2v) is 5.83. The first-order valence-corrected chi connectivity index (χ1v) is 7.49. The monoisotopic (exact) mass is 357 g/mol. The third-order valence-electron chi connectivity index (χ3n) is 3.63. The molecule has 0 aliphatic carbocycles. The first-order valence-electron chi connectivity index (χ1n) is 6.70. The molecule has 1 atom stereocenters. The topological polar surface area (TPSA) is 88.5 Å². The number of fused-ring (bicyclic) bond motifs is 3. The third-order valence-corrected chi connectivity index (χ3v) is 4.32. The molecule has 4 rings (SSSR count). The molecule has 22 heavy (non-hydrogen) atoms. The number of rotatable bonds is 1. The molecular formula is C15H12BrN5O. The van der Waals surface area contributed by atoms with Gasteiger partial charge in [-0.15, -0.1) is 0 Å². The molecule has 3 aromatic rings. The first kappa shape index (κ1) is 13.1. The van der Waals surface area contributed by atoms with E-state index in [4.69, 9.17) is 5.73 Å². The number of phenols is 1. The van der Waals surface area contributed by atoms with Gasteiger partial charge in [0.25, 0.3) is 0 Å². The Morgan fingerprint density at radius 1 is 1.18 bits per heavy atom. The fourth-order valence-electron chi connectivity index (χ4n) is 2.69. The molecule has 110 valence electrons. The Hall–Kier alpha value is -2.54. The molecular weight excluding hydrogens is 346 g/mol. The molecule has 2 aromatic carbocycles. The highest BCUT2D eigenvalue weighted by molar-refractivity contribution is 9.10. The van der Waals surface area contributed by atoms with Crippen LogP contribution < -0.4 is 11.1 Å². The van der Waals surface area contributed by atoms with Crippen LogP contribution >= 0.6 is 15.9 Å². The van der Waals surface area contributed by atoms with Gasteiger partial charge in [-0.1, -0.05) is 34.1 Å². The summed E-state index contributed by atoms with van der Waals surface area (Å²) < 4.78 is 2.69. The molecule has 2 heterocycles. The van der Waals surface area contributed by atoms with E-state index in [1.807, 2.05) is 34.9 Å². The average molecular weight is 358 g/mol. The zero-order valence-corrected chi connectivity index (χ0v) is 12.9. The van der Waals surface area contributed by atoms with Crippen LogP contribution in [0.5, 0.6) is 5.75 Å². The molecule has 1 unspecified atom stereocenters. The largest absolute Gasteiger partial charge is 0.507 e. The number of nitrogens with one attached hydrogen (secondary N) is 1. The van der Waals surface area contributed by atoms with E-state index in [1.165, 1.54) is 0 Å². The lowest BCUT2D eigenvalue weighted by Crippen LogP contribution is -2.31. The number of halogens is 1. The van der Waals surface area contributed by atoms with Gasteiger partial charge in [-0.05, 0) is 24.3 Å². The fraction of sp³-hybridized carbons (Fsp3) is 0.0667. The Labute approximate surface area is 134 Å². The molecule has 4 N–H and O–H groups in total. The van der Waals surface area contributed by atoms with Gasteiger partial charge < -0.3 is 10.8 Å². The summed E-state index contributed by atoms with van der Waals surface area (Å²) in [7, 11) is 0. The summed E-state index contributed by atoms with van der Waals surface area (Å²) in [6.07, 6.45) is -0.487. The van der Waals surface area contributed by atoms with Crippen molar-refractivity contribution < 1.29 is 5.11 Å². The zero-order valence-electron chi connectivity index (χ0n) is 11.4. The van der Waals surface area contributed by atoms with E-state index < -0.39 is 6.17 Å². The number of aliphatic imine (C=N–C) groups is 1. The number of guanidine groups is 1. The van der Waals surface area contributed by atoms with E-state index in [-0.39, 0.29) is 11.7 Å². The van der Waals surface area contributed by atoms with E-state index in [2.05, 4.69) is 31.2 Å². The van der Waals surface area contributed by atoms with Crippen molar-refractivity contribution in [2.45, 2.75) is 6.17 Å². The molecule has 1 aromatic heterocycles. The fourth-order valence-corrected chi connectivity index (χ4v) is 3.25. The van der Waals surface area contributed by atoms with E-state index in [0.29, 0.717) is 11.5 Å². The van der Waals surface area contributed by atoms with Gasteiger partial charge in [0.2, 0.25) is 5.95 Å². The van der Waals surface area contributed by atoms with E-state index in [1.54, 1.807) is 12.1 Å². The highest BCUT2D eigenvalue weighted by Crippen LogP contribution is 2.39. The van der Waals surface area contributed by atoms with Crippen LogP contribution in [0.3, 0.4) is 0 Å². The number of nitrogens with zero attached hydrogens (tertiary/aromatic N) is 3. The average Bonchev–Trinajstić information content (AvgIpc) is 2.84. The summed E-state index contributed by atoms with van der Waals surface area (Å²) in [5, 5.41) is 13.2. The highest BCUT2D eigenvalue weighted by Gasteiger charge is 2.28. The highest BCUT2D eigenvalue weighted by atomic mass is 79.9. The predicted octanol–water partition coefficient (Wildman–Crippen LogP) is 2.79. The summed E-state index contributed by atoms with van der Waals surface area (Å²) in [4.78, 5) is 8.99. The van der Waals surface area contributed by atoms with Gasteiger partial charge in [0, 0.05) is 4.47 Å². The molecule has 1 aliphatic heterocycles. The Morgan fingerprint density at radius 2 is 2.00 bits per heavy atom. The molecule has 0 saturated heterocycles. The minimum absolute atomic E-state index is 0.154. The number of anilines is 1. The van der Waals surface area contributed by atoms with Crippen molar-refractivity contribution in [3.8, 4) is 5.75 Å². The van der Waals surface area contributed by atoms with Crippen LogP contribution in [0.4, 0.5) is 5.95 Å². The van der Waals surface area contributed by atoms with Crippen LogP contribution in [0.2, 0.25) is 0 Å². The van der Waals surface area contributed by atoms with E-state index in [9.17, 15) is 5.11 Å². The first-order chi connectivity index (χ1) is 10.6. The Balaban J connectivity index is 2.03. The number of para-hydroxylation sites is 2. The van der Waals surface area contributed by atoms with Gasteiger partial charge in [-0.3, -0.25) is 9.88 Å². The second kappa shape index (κ2) is 4.74. The quantitative estimate of drug-likeness (QED) is 0.624. The maximum Gasteiger partial charge on any atom is 0.212 e.